The molecule has 2 rings (SSSR count). The number of carboxylic acid groups (broad SMARTS) is 1. The number of benzene rings is 1. The van der Waals surface area contributed by atoms with E-state index in [4.69, 9.17) is 5.11 Å². The van der Waals surface area contributed by atoms with Crippen LogP contribution in [0.1, 0.15) is 31.0 Å². The summed E-state index contributed by atoms with van der Waals surface area (Å²) in [5, 5.41) is 9.52. The molecule has 0 radical (unpaired) electrons. The van der Waals surface area contributed by atoms with Gasteiger partial charge in [-0.15, -0.1) is 0 Å². The fourth-order valence-corrected chi connectivity index (χ4v) is 2.74. The Morgan fingerprint density at radius 3 is 2.85 bits per heavy atom. The predicted molar refractivity (Wildman–Crippen MR) is 80.7 cm³/mol. The molecule has 1 aromatic carbocycles. The number of imidazole rings is 1. The van der Waals surface area contributed by atoms with Crippen LogP contribution in [0.5, 0.6) is 0 Å². The molecular formula is C15H18N2O2S. The number of aryl methyl sites for hydroxylation is 1. The van der Waals surface area contributed by atoms with Gasteiger partial charge in [0.05, 0.1) is 5.75 Å². The molecule has 20 heavy (non-hydrogen) atoms. The molecule has 0 bridgehead atoms. The molecule has 106 valence electrons. The van der Waals surface area contributed by atoms with Crippen molar-refractivity contribution in [3.8, 4) is 5.69 Å². The SMILES string of the molecule is Cc1cnc(SCC(=O)O)n1-c1cccc(C(C)C)c1. The average Bonchev–Trinajstić information content (AvgIpc) is 2.77. The third kappa shape index (κ3) is 3.22. The van der Waals surface area contributed by atoms with E-state index >= 15 is 0 Å². The van der Waals surface area contributed by atoms with E-state index in [1.165, 1.54) is 17.3 Å². The second kappa shape index (κ2) is 6.13. The molecule has 0 spiro atoms. The number of rotatable bonds is 5. The number of aromatic nitrogens is 2. The van der Waals surface area contributed by atoms with E-state index in [0.29, 0.717) is 11.1 Å². The van der Waals surface area contributed by atoms with Crippen molar-refractivity contribution in [1.82, 2.24) is 9.55 Å². The van der Waals surface area contributed by atoms with Gasteiger partial charge in [0.2, 0.25) is 0 Å². The maximum atomic E-state index is 10.7. The first-order valence-corrected chi connectivity index (χ1v) is 7.47. The third-order valence-corrected chi connectivity index (χ3v) is 3.96. The molecule has 0 unspecified atom stereocenters. The highest BCUT2D eigenvalue weighted by Crippen LogP contribution is 2.25. The summed E-state index contributed by atoms with van der Waals surface area (Å²) >= 11 is 1.24. The quantitative estimate of drug-likeness (QED) is 0.857. The largest absolute Gasteiger partial charge is 0.481 e. The van der Waals surface area contributed by atoms with Crippen molar-refractivity contribution in [2.45, 2.75) is 31.8 Å². The lowest BCUT2D eigenvalue weighted by Crippen LogP contribution is -2.03. The molecule has 1 heterocycles. The van der Waals surface area contributed by atoms with Crippen LogP contribution in [0.25, 0.3) is 5.69 Å². The molecule has 0 aliphatic heterocycles. The Bertz CT molecular complexity index is 620. The molecular weight excluding hydrogens is 272 g/mol. The number of thioether (sulfide) groups is 1. The van der Waals surface area contributed by atoms with Crippen molar-refractivity contribution in [2.24, 2.45) is 0 Å². The number of aliphatic carboxylic acids is 1. The van der Waals surface area contributed by atoms with Crippen LogP contribution in [0, 0.1) is 6.92 Å². The number of carboxylic acids is 1. The van der Waals surface area contributed by atoms with Crippen molar-refractivity contribution >= 4 is 17.7 Å². The summed E-state index contributed by atoms with van der Waals surface area (Å²) in [5.74, 6) is -0.368. The van der Waals surface area contributed by atoms with E-state index in [1.807, 2.05) is 23.6 Å². The molecule has 1 aromatic heterocycles. The highest BCUT2D eigenvalue weighted by Gasteiger charge is 2.12. The van der Waals surface area contributed by atoms with Crippen molar-refractivity contribution in [3.63, 3.8) is 0 Å². The first-order chi connectivity index (χ1) is 9.49. The standard InChI is InChI=1S/C15H18N2O2S/c1-10(2)12-5-4-6-13(7-12)17-11(3)8-16-15(17)20-9-14(18)19/h4-8,10H,9H2,1-3H3,(H,18,19). The second-order valence-corrected chi connectivity index (χ2v) is 5.89. The predicted octanol–water partition coefficient (Wildman–Crippen LogP) is 3.48. The summed E-state index contributed by atoms with van der Waals surface area (Å²) in [6, 6.07) is 8.27. The van der Waals surface area contributed by atoms with E-state index in [1.54, 1.807) is 6.20 Å². The highest BCUT2D eigenvalue weighted by molar-refractivity contribution is 7.99. The highest BCUT2D eigenvalue weighted by atomic mass is 32.2. The van der Waals surface area contributed by atoms with Crippen molar-refractivity contribution in [3.05, 3.63) is 41.7 Å². The van der Waals surface area contributed by atoms with Crippen LogP contribution in [0.2, 0.25) is 0 Å². The maximum absolute atomic E-state index is 10.7. The minimum Gasteiger partial charge on any atom is -0.481 e. The van der Waals surface area contributed by atoms with Crippen molar-refractivity contribution in [2.75, 3.05) is 5.75 Å². The van der Waals surface area contributed by atoms with Gasteiger partial charge in [0.1, 0.15) is 0 Å². The summed E-state index contributed by atoms with van der Waals surface area (Å²) in [5.41, 5.74) is 3.28. The van der Waals surface area contributed by atoms with E-state index in [-0.39, 0.29) is 5.75 Å². The molecule has 0 amide bonds. The Morgan fingerprint density at radius 1 is 1.45 bits per heavy atom. The minimum atomic E-state index is -0.835. The summed E-state index contributed by atoms with van der Waals surface area (Å²) in [6.07, 6.45) is 1.77. The molecule has 0 aliphatic carbocycles. The van der Waals surface area contributed by atoms with Crippen LogP contribution in [0.3, 0.4) is 0 Å². The smallest absolute Gasteiger partial charge is 0.313 e. The van der Waals surface area contributed by atoms with Crippen LogP contribution < -0.4 is 0 Å². The van der Waals surface area contributed by atoms with Gasteiger partial charge in [-0.3, -0.25) is 9.36 Å². The normalized spacial score (nSPS) is 11.0. The molecule has 0 fully saturated rings. The molecule has 5 heteroatoms. The van der Waals surface area contributed by atoms with Gasteiger partial charge in [-0.1, -0.05) is 37.7 Å². The molecule has 4 nitrogen and oxygen atoms in total. The molecule has 0 saturated heterocycles. The zero-order valence-corrected chi connectivity index (χ0v) is 12.6. The Hall–Kier alpha value is -1.75. The van der Waals surface area contributed by atoms with Gasteiger partial charge in [-0.05, 0) is 30.5 Å². The fourth-order valence-electron chi connectivity index (χ4n) is 1.98. The number of hydrogen-bond donors (Lipinski definition) is 1. The lowest BCUT2D eigenvalue weighted by molar-refractivity contribution is -0.133. The average molecular weight is 290 g/mol. The van der Waals surface area contributed by atoms with Crippen molar-refractivity contribution in [1.29, 1.82) is 0 Å². The number of nitrogens with zero attached hydrogens (tertiary/aromatic N) is 2. The Labute approximate surface area is 122 Å². The van der Waals surface area contributed by atoms with E-state index in [0.717, 1.165) is 11.4 Å². The zero-order valence-electron chi connectivity index (χ0n) is 11.8. The molecule has 2 aromatic rings. The molecule has 0 aliphatic rings. The van der Waals surface area contributed by atoms with Crippen LogP contribution in [-0.4, -0.2) is 26.4 Å². The number of carbonyl (C=O) groups is 1. The van der Waals surface area contributed by atoms with Crippen molar-refractivity contribution < 1.29 is 9.90 Å². The molecule has 0 atom stereocenters. The Kier molecular flexibility index (Phi) is 4.49. The van der Waals surface area contributed by atoms with Gasteiger partial charge < -0.3 is 5.11 Å². The van der Waals surface area contributed by atoms with Gasteiger partial charge in [-0.25, -0.2) is 4.98 Å². The van der Waals surface area contributed by atoms with Crippen LogP contribution in [-0.2, 0) is 4.79 Å². The maximum Gasteiger partial charge on any atom is 0.313 e. The van der Waals surface area contributed by atoms with E-state index in [9.17, 15) is 4.79 Å². The summed E-state index contributed by atoms with van der Waals surface area (Å²) in [6.45, 7) is 6.28. The first-order valence-electron chi connectivity index (χ1n) is 6.48. The van der Waals surface area contributed by atoms with Gasteiger partial charge in [0.25, 0.3) is 0 Å². The molecule has 1 N–H and O–H groups in total. The van der Waals surface area contributed by atoms with Gasteiger partial charge in [0, 0.05) is 17.6 Å². The summed E-state index contributed by atoms with van der Waals surface area (Å²) in [7, 11) is 0. The van der Waals surface area contributed by atoms with E-state index < -0.39 is 5.97 Å². The second-order valence-electron chi connectivity index (χ2n) is 4.95. The van der Waals surface area contributed by atoms with Gasteiger partial charge in [0.15, 0.2) is 5.16 Å². The van der Waals surface area contributed by atoms with Crippen LogP contribution in [0.4, 0.5) is 0 Å². The minimum absolute atomic E-state index is 0.0142. The summed E-state index contributed by atoms with van der Waals surface area (Å²) < 4.78 is 2.00. The third-order valence-electron chi connectivity index (χ3n) is 3.03. The Morgan fingerprint density at radius 2 is 2.20 bits per heavy atom. The Balaban J connectivity index is 2.38. The lowest BCUT2D eigenvalue weighted by Gasteiger charge is -2.12. The fraction of sp³-hybridized carbons (Fsp3) is 0.333. The first kappa shape index (κ1) is 14.7. The van der Waals surface area contributed by atoms with E-state index in [2.05, 4.69) is 31.0 Å². The van der Waals surface area contributed by atoms with Crippen LogP contribution >= 0.6 is 11.8 Å². The van der Waals surface area contributed by atoms with Crippen LogP contribution in [0.15, 0.2) is 35.6 Å². The van der Waals surface area contributed by atoms with Gasteiger partial charge in [-0.2, -0.15) is 0 Å². The molecule has 0 saturated carbocycles. The monoisotopic (exact) mass is 290 g/mol. The number of hydrogen-bond acceptors (Lipinski definition) is 3. The summed E-state index contributed by atoms with van der Waals surface area (Å²) in [4.78, 5) is 15.0. The van der Waals surface area contributed by atoms with Gasteiger partial charge >= 0.3 is 5.97 Å². The lowest BCUT2D eigenvalue weighted by atomic mass is 10.0. The topological polar surface area (TPSA) is 55.1 Å². The zero-order chi connectivity index (χ0) is 14.7.